The first-order valence-corrected chi connectivity index (χ1v) is 10.5. The highest BCUT2D eigenvalue weighted by atomic mass is 32.2. The van der Waals surface area contributed by atoms with Gasteiger partial charge in [-0.05, 0) is 56.4 Å². The molecule has 2 saturated heterocycles. The smallest absolute Gasteiger partial charge is 0.227 e. The number of Topliss-reactive ketones (excluding diaryl/α,β-unsaturated/α-hetero) is 1. The zero-order valence-electron chi connectivity index (χ0n) is 16.0. The van der Waals surface area contributed by atoms with Crippen LogP contribution in [0.5, 0.6) is 0 Å². The summed E-state index contributed by atoms with van der Waals surface area (Å²) in [5, 5.41) is 7.81. The Morgan fingerprint density at radius 3 is 2.82 bits per heavy atom. The summed E-state index contributed by atoms with van der Waals surface area (Å²) in [7, 11) is 0. The van der Waals surface area contributed by atoms with Crippen molar-refractivity contribution in [2.45, 2.75) is 51.7 Å². The van der Waals surface area contributed by atoms with Crippen molar-refractivity contribution in [2.24, 2.45) is 0 Å². The van der Waals surface area contributed by atoms with E-state index < -0.39 is 6.04 Å². The minimum atomic E-state index is -0.728. The van der Waals surface area contributed by atoms with Gasteiger partial charge in [0.1, 0.15) is 11.7 Å². The molecule has 2 aliphatic heterocycles. The molecule has 148 valence electrons. The van der Waals surface area contributed by atoms with Crippen LogP contribution in [0.1, 0.15) is 36.1 Å². The Balaban J connectivity index is 1.49. The maximum Gasteiger partial charge on any atom is 0.227 e. The highest BCUT2D eigenvalue weighted by Gasteiger charge is 2.42. The molecule has 2 aliphatic rings. The Kier molecular flexibility index (Phi) is 5.25. The van der Waals surface area contributed by atoms with E-state index in [-0.39, 0.29) is 35.1 Å². The fraction of sp³-hybridized carbons (Fsp3) is 0.500. The van der Waals surface area contributed by atoms with E-state index in [1.165, 1.54) is 0 Å². The first-order chi connectivity index (χ1) is 13.4. The van der Waals surface area contributed by atoms with Crippen molar-refractivity contribution < 1.29 is 18.9 Å². The molecule has 1 amide bonds. The molecule has 2 aromatic rings. The molecule has 1 aromatic heterocycles. The monoisotopic (exact) mass is 401 g/mol. The summed E-state index contributed by atoms with van der Waals surface area (Å²) in [5.74, 6) is -0.0231. The minimum Gasteiger partial charge on any atom is -0.356 e. The van der Waals surface area contributed by atoms with Crippen LogP contribution < -0.4 is 5.32 Å². The Hall–Kier alpha value is -2.19. The van der Waals surface area contributed by atoms with Gasteiger partial charge in [-0.25, -0.2) is 0 Å². The van der Waals surface area contributed by atoms with Gasteiger partial charge >= 0.3 is 0 Å². The van der Waals surface area contributed by atoms with E-state index in [4.69, 9.17) is 4.52 Å². The number of fused-ring (bicyclic) bond motifs is 1. The SMILES string of the molecule is Cc1cc2onc(CC(=O)NC3CCCCN3C3C(=O)CSC3=O)c2cc1C. The van der Waals surface area contributed by atoms with E-state index in [1.807, 2.05) is 30.9 Å². The van der Waals surface area contributed by atoms with Crippen molar-refractivity contribution in [1.29, 1.82) is 0 Å². The van der Waals surface area contributed by atoms with Crippen molar-refractivity contribution in [3.63, 3.8) is 0 Å². The molecular weight excluding hydrogens is 378 g/mol. The molecule has 0 spiro atoms. The molecule has 7 nitrogen and oxygen atoms in total. The number of carbonyl (C=O) groups excluding carboxylic acids is 3. The Labute approximate surface area is 167 Å². The molecule has 0 saturated carbocycles. The third-order valence-electron chi connectivity index (χ3n) is 5.58. The van der Waals surface area contributed by atoms with Crippen LogP contribution in [0, 0.1) is 13.8 Å². The second-order valence-electron chi connectivity index (χ2n) is 7.53. The quantitative estimate of drug-likeness (QED) is 0.785. The number of ketones is 1. The maximum absolute atomic E-state index is 12.7. The van der Waals surface area contributed by atoms with Gasteiger partial charge in [0.25, 0.3) is 0 Å². The number of likely N-dealkylation sites (tertiary alicyclic amines) is 1. The number of thioether (sulfide) groups is 1. The third kappa shape index (κ3) is 3.58. The Bertz CT molecular complexity index is 938. The topological polar surface area (TPSA) is 92.5 Å². The molecule has 4 rings (SSSR count). The van der Waals surface area contributed by atoms with Gasteiger partial charge in [-0.3, -0.25) is 19.3 Å². The number of nitrogens with zero attached hydrogens (tertiary/aromatic N) is 2. The van der Waals surface area contributed by atoms with Gasteiger partial charge < -0.3 is 9.84 Å². The number of nitrogens with one attached hydrogen (secondary N) is 1. The number of hydrogen-bond acceptors (Lipinski definition) is 7. The van der Waals surface area contributed by atoms with E-state index in [2.05, 4.69) is 10.5 Å². The van der Waals surface area contributed by atoms with Crippen molar-refractivity contribution in [1.82, 2.24) is 15.4 Å². The molecule has 8 heteroatoms. The fourth-order valence-electron chi connectivity index (χ4n) is 3.93. The van der Waals surface area contributed by atoms with Crippen LogP contribution in [0.15, 0.2) is 16.7 Å². The summed E-state index contributed by atoms with van der Waals surface area (Å²) < 4.78 is 5.37. The van der Waals surface area contributed by atoms with E-state index in [0.717, 1.165) is 47.5 Å². The maximum atomic E-state index is 12.7. The van der Waals surface area contributed by atoms with Crippen LogP contribution in [-0.2, 0) is 20.8 Å². The summed E-state index contributed by atoms with van der Waals surface area (Å²) in [6.07, 6.45) is 2.39. The summed E-state index contributed by atoms with van der Waals surface area (Å²) >= 11 is 1.07. The third-order valence-corrected chi connectivity index (χ3v) is 6.51. The van der Waals surface area contributed by atoms with Crippen LogP contribution in [0.2, 0.25) is 0 Å². The lowest BCUT2D eigenvalue weighted by Crippen LogP contribution is -2.57. The van der Waals surface area contributed by atoms with Crippen molar-refractivity contribution in [3.05, 3.63) is 29.0 Å². The number of piperidine rings is 1. The van der Waals surface area contributed by atoms with Gasteiger partial charge in [0.15, 0.2) is 11.4 Å². The number of rotatable bonds is 4. The zero-order chi connectivity index (χ0) is 19.8. The van der Waals surface area contributed by atoms with Gasteiger partial charge in [0.2, 0.25) is 11.0 Å². The largest absolute Gasteiger partial charge is 0.356 e. The number of hydrogen-bond donors (Lipinski definition) is 1. The molecule has 1 N–H and O–H groups in total. The second kappa shape index (κ2) is 7.67. The predicted molar refractivity (Wildman–Crippen MR) is 106 cm³/mol. The van der Waals surface area contributed by atoms with E-state index >= 15 is 0 Å². The fourth-order valence-corrected chi connectivity index (χ4v) is 4.80. The van der Waals surface area contributed by atoms with Crippen LogP contribution >= 0.6 is 11.8 Å². The zero-order valence-corrected chi connectivity index (χ0v) is 16.8. The second-order valence-corrected chi connectivity index (χ2v) is 8.51. The average molecular weight is 401 g/mol. The molecule has 2 unspecified atom stereocenters. The molecule has 0 bridgehead atoms. The average Bonchev–Trinajstić information content (AvgIpc) is 3.19. The first-order valence-electron chi connectivity index (χ1n) is 9.54. The lowest BCUT2D eigenvalue weighted by molar-refractivity contribution is -0.133. The van der Waals surface area contributed by atoms with Gasteiger partial charge in [-0.2, -0.15) is 0 Å². The first kappa shape index (κ1) is 19.1. The van der Waals surface area contributed by atoms with E-state index in [9.17, 15) is 14.4 Å². The van der Waals surface area contributed by atoms with Gasteiger partial charge in [-0.15, -0.1) is 0 Å². The van der Waals surface area contributed by atoms with Crippen LogP contribution in [0.4, 0.5) is 0 Å². The minimum absolute atomic E-state index is 0.0653. The highest BCUT2D eigenvalue weighted by Crippen LogP contribution is 2.27. The van der Waals surface area contributed by atoms with Crippen molar-refractivity contribution >= 4 is 39.5 Å². The van der Waals surface area contributed by atoms with Crippen molar-refractivity contribution in [2.75, 3.05) is 12.3 Å². The summed E-state index contributed by atoms with van der Waals surface area (Å²) in [4.78, 5) is 38.9. The molecule has 2 fully saturated rings. The normalized spacial score (nSPS) is 23.5. The molecule has 0 radical (unpaired) electrons. The Morgan fingerprint density at radius 2 is 2.07 bits per heavy atom. The standard InChI is InChI=1S/C20H23N3O4S/c1-11-7-13-14(22-27-16(13)8-12(11)2)9-18(25)21-17-5-3-4-6-23(17)19-15(24)10-28-20(19)26/h7-8,17,19H,3-6,9-10H2,1-2H3,(H,21,25). The highest BCUT2D eigenvalue weighted by molar-refractivity contribution is 8.15. The molecular formula is C20H23N3O4S. The Morgan fingerprint density at radius 1 is 1.29 bits per heavy atom. The van der Waals surface area contributed by atoms with Crippen LogP contribution in [-0.4, -0.2) is 51.4 Å². The number of carbonyl (C=O) groups is 3. The van der Waals surface area contributed by atoms with Gasteiger partial charge in [0.05, 0.1) is 18.3 Å². The lowest BCUT2D eigenvalue weighted by Gasteiger charge is -2.38. The number of aryl methyl sites for hydroxylation is 2. The molecule has 28 heavy (non-hydrogen) atoms. The van der Waals surface area contributed by atoms with Gasteiger partial charge in [-0.1, -0.05) is 16.9 Å². The molecule has 2 atom stereocenters. The van der Waals surface area contributed by atoms with Gasteiger partial charge in [0, 0.05) is 11.9 Å². The van der Waals surface area contributed by atoms with Crippen LogP contribution in [0.25, 0.3) is 11.0 Å². The predicted octanol–water partition coefficient (Wildman–Crippen LogP) is 2.13. The number of amides is 1. The molecule has 1 aromatic carbocycles. The number of benzene rings is 1. The lowest BCUT2D eigenvalue weighted by atomic mass is 10.0. The summed E-state index contributed by atoms with van der Waals surface area (Å²) in [5.41, 5.74) is 3.50. The van der Waals surface area contributed by atoms with E-state index in [0.29, 0.717) is 17.8 Å². The van der Waals surface area contributed by atoms with Crippen LogP contribution in [0.3, 0.4) is 0 Å². The molecule has 0 aliphatic carbocycles. The summed E-state index contributed by atoms with van der Waals surface area (Å²) in [6.45, 7) is 4.66. The number of aromatic nitrogens is 1. The summed E-state index contributed by atoms with van der Waals surface area (Å²) in [6, 6.07) is 3.19. The molecule has 3 heterocycles. The van der Waals surface area contributed by atoms with E-state index in [1.54, 1.807) is 0 Å². The van der Waals surface area contributed by atoms with Crippen molar-refractivity contribution in [3.8, 4) is 0 Å².